The van der Waals surface area contributed by atoms with Crippen molar-refractivity contribution in [3.63, 3.8) is 0 Å². The number of likely N-dealkylation sites (N-methyl/N-ethyl adjacent to an activating group) is 1. The summed E-state index contributed by atoms with van der Waals surface area (Å²) in [6.45, 7) is 2.45. The monoisotopic (exact) mass is 344 g/mol. The SMILES string of the molecule is CN(C)CC(=O)N1Cc2nnn(C)c2[C@@H](COCc2ccccn2)C1. The Morgan fingerprint density at radius 3 is 2.96 bits per heavy atom. The summed E-state index contributed by atoms with van der Waals surface area (Å²) in [4.78, 5) is 20.4. The third kappa shape index (κ3) is 4.21. The highest BCUT2D eigenvalue weighted by Crippen LogP contribution is 2.27. The first-order valence-electron chi connectivity index (χ1n) is 8.33. The van der Waals surface area contributed by atoms with Crippen molar-refractivity contribution in [2.75, 3.05) is 33.8 Å². The van der Waals surface area contributed by atoms with Crippen molar-refractivity contribution in [1.82, 2.24) is 29.8 Å². The second-order valence-electron chi connectivity index (χ2n) is 6.59. The van der Waals surface area contributed by atoms with E-state index in [-0.39, 0.29) is 11.8 Å². The summed E-state index contributed by atoms with van der Waals surface area (Å²) < 4.78 is 7.66. The van der Waals surface area contributed by atoms with Gasteiger partial charge in [-0.05, 0) is 26.2 Å². The maximum absolute atomic E-state index is 12.4. The van der Waals surface area contributed by atoms with Crippen LogP contribution in [0, 0.1) is 0 Å². The van der Waals surface area contributed by atoms with Crippen LogP contribution in [0.1, 0.15) is 23.0 Å². The highest BCUT2D eigenvalue weighted by atomic mass is 16.5. The van der Waals surface area contributed by atoms with Crippen molar-refractivity contribution < 1.29 is 9.53 Å². The molecule has 0 saturated carbocycles. The van der Waals surface area contributed by atoms with E-state index in [9.17, 15) is 4.79 Å². The second-order valence-corrected chi connectivity index (χ2v) is 6.59. The fourth-order valence-electron chi connectivity index (χ4n) is 3.10. The molecule has 0 saturated heterocycles. The summed E-state index contributed by atoms with van der Waals surface area (Å²) in [6, 6.07) is 5.76. The highest BCUT2D eigenvalue weighted by Gasteiger charge is 2.32. The molecular formula is C17H24N6O2. The van der Waals surface area contributed by atoms with Crippen LogP contribution in [0.3, 0.4) is 0 Å². The molecule has 0 unspecified atom stereocenters. The van der Waals surface area contributed by atoms with E-state index in [1.165, 1.54) is 0 Å². The molecule has 1 aliphatic heterocycles. The van der Waals surface area contributed by atoms with Gasteiger partial charge in [0.2, 0.25) is 5.91 Å². The van der Waals surface area contributed by atoms with Crippen LogP contribution >= 0.6 is 0 Å². The molecule has 134 valence electrons. The van der Waals surface area contributed by atoms with Gasteiger partial charge in [0.15, 0.2) is 0 Å². The van der Waals surface area contributed by atoms with Crippen LogP contribution in [0.15, 0.2) is 24.4 Å². The first-order valence-corrected chi connectivity index (χ1v) is 8.33. The lowest BCUT2D eigenvalue weighted by Crippen LogP contribution is -2.43. The topological polar surface area (TPSA) is 76.4 Å². The van der Waals surface area contributed by atoms with Crippen LogP contribution in [0.2, 0.25) is 0 Å². The number of amides is 1. The standard InChI is InChI=1S/C17H24N6O2/c1-21(2)10-16(24)23-8-13(17-15(9-23)19-20-22(17)3)11-25-12-14-6-4-5-7-18-14/h4-7,13H,8-12H2,1-3H3/t13-/m1/s1. The van der Waals surface area contributed by atoms with Crippen LogP contribution in [0.25, 0.3) is 0 Å². The zero-order chi connectivity index (χ0) is 17.8. The molecule has 0 aromatic carbocycles. The maximum Gasteiger partial charge on any atom is 0.237 e. The lowest BCUT2D eigenvalue weighted by atomic mass is 9.99. The molecule has 1 amide bonds. The Morgan fingerprint density at radius 1 is 1.40 bits per heavy atom. The number of hydrogen-bond donors (Lipinski definition) is 0. The maximum atomic E-state index is 12.4. The predicted molar refractivity (Wildman–Crippen MR) is 91.6 cm³/mol. The van der Waals surface area contributed by atoms with E-state index in [4.69, 9.17) is 4.74 Å². The first kappa shape index (κ1) is 17.5. The van der Waals surface area contributed by atoms with Gasteiger partial charge in [-0.1, -0.05) is 11.3 Å². The lowest BCUT2D eigenvalue weighted by molar-refractivity contribution is -0.133. The molecule has 3 heterocycles. The van der Waals surface area contributed by atoms with Gasteiger partial charge in [-0.3, -0.25) is 14.5 Å². The number of nitrogens with zero attached hydrogens (tertiary/aromatic N) is 6. The number of carbonyl (C=O) groups is 1. The van der Waals surface area contributed by atoms with Gasteiger partial charge in [0.1, 0.15) is 5.69 Å². The Morgan fingerprint density at radius 2 is 2.24 bits per heavy atom. The zero-order valence-electron chi connectivity index (χ0n) is 14.9. The van der Waals surface area contributed by atoms with Crippen molar-refractivity contribution in [2.24, 2.45) is 7.05 Å². The van der Waals surface area contributed by atoms with E-state index in [0.29, 0.717) is 32.8 Å². The number of ether oxygens (including phenoxy) is 1. The molecule has 8 heteroatoms. The molecule has 25 heavy (non-hydrogen) atoms. The van der Waals surface area contributed by atoms with Gasteiger partial charge < -0.3 is 14.5 Å². The van der Waals surface area contributed by atoms with Gasteiger partial charge in [-0.25, -0.2) is 0 Å². The molecule has 1 atom stereocenters. The minimum Gasteiger partial charge on any atom is -0.374 e. The van der Waals surface area contributed by atoms with Crippen LogP contribution in [0.5, 0.6) is 0 Å². The smallest absolute Gasteiger partial charge is 0.237 e. The Balaban J connectivity index is 1.68. The molecule has 8 nitrogen and oxygen atoms in total. The van der Waals surface area contributed by atoms with Gasteiger partial charge in [-0.15, -0.1) is 5.10 Å². The predicted octanol–water partition coefficient (Wildman–Crippen LogP) is 0.414. The Labute approximate surface area is 147 Å². The van der Waals surface area contributed by atoms with Gasteiger partial charge >= 0.3 is 0 Å². The molecule has 0 aliphatic carbocycles. The number of fused-ring (bicyclic) bond motifs is 1. The van der Waals surface area contributed by atoms with E-state index in [1.54, 1.807) is 10.9 Å². The minimum atomic E-state index is 0.0542. The van der Waals surface area contributed by atoms with Crippen LogP contribution in [-0.2, 0) is 29.7 Å². The Bertz CT molecular complexity index is 715. The van der Waals surface area contributed by atoms with E-state index in [2.05, 4.69) is 15.3 Å². The van der Waals surface area contributed by atoms with Crippen molar-refractivity contribution in [1.29, 1.82) is 0 Å². The molecule has 3 rings (SSSR count). The van der Waals surface area contributed by atoms with E-state index < -0.39 is 0 Å². The van der Waals surface area contributed by atoms with Gasteiger partial charge in [0.05, 0.1) is 37.7 Å². The molecule has 1 aliphatic rings. The number of carbonyl (C=O) groups excluding carboxylic acids is 1. The quantitative estimate of drug-likeness (QED) is 0.756. The fourth-order valence-corrected chi connectivity index (χ4v) is 3.10. The van der Waals surface area contributed by atoms with Crippen molar-refractivity contribution in [3.05, 3.63) is 41.5 Å². The van der Waals surface area contributed by atoms with E-state index >= 15 is 0 Å². The molecule has 2 aromatic rings. The average molecular weight is 344 g/mol. The summed E-state index contributed by atoms with van der Waals surface area (Å²) in [5.41, 5.74) is 2.80. The normalized spacial score (nSPS) is 17.0. The number of rotatable bonds is 6. The lowest BCUT2D eigenvalue weighted by Gasteiger charge is -2.32. The molecule has 0 N–H and O–H groups in total. The number of hydrogen-bond acceptors (Lipinski definition) is 6. The molecule has 0 fully saturated rings. The molecular weight excluding hydrogens is 320 g/mol. The van der Waals surface area contributed by atoms with Crippen LogP contribution < -0.4 is 0 Å². The average Bonchev–Trinajstić information content (AvgIpc) is 2.96. The number of aryl methyl sites for hydroxylation is 1. The third-order valence-electron chi connectivity index (χ3n) is 4.21. The minimum absolute atomic E-state index is 0.0542. The van der Waals surface area contributed by atoms with Crippen LogP contribution in [0.4, 0.5) is 0 Å². The second kappa shape index (κ2) is 7.71. The summed E-state index contributed by atoms with van der Waals surface area (Å²) >= 11 is 0. The molecule has 0 radical (unpaired) electrons. The van der Waals surface area contributed by atoms with Gasteiger partial charge in [-0.2, -0.15) is 0 Å². The van der Waals surface area contributed by atoms with Gasteiger partial charge in [0.25, 0.3) is 0 Å². The highest BCUT2D eigenvalue weighted by molar-refractivity contribution is 5.78. The van der Waals surface area contributed by atoms with Crippen molar-refractivity contribution >= 4 is 5.91 Å². The summed E-state index contributed by atoms with van der Waals surface area (Å²) in [6.07, 6.45) is 1.75. The molecule has 0 spiro atoms. The van der Waals surface area contributed by atoms with Crippen molar-refractivity contribution in [2.45, 2.75) is 19.1 Å². The summed E-state index contributed by atoms with van der Waals surface area (Å²) in [7, 11) is 5.67. The number of aromatic nitrogens is 4. The van der Waals surface area contributed by atoms with E-state index in [0.717, 1.165) is 17.1 Å². The fraction of sp³-hybridized carbons (Fsp3) is 0.529. The molecule has 2 aromatic heterocycles. The van der Waals surface area contributed by atoms with Gasteiger partial charge in [0, 0.05) is 25.7 Å². The Hall–Kier alpha value is -2.32. The summed E-state index contributed by atoms with van der Waals surface area (Å²) in [5, 5.41) is 8.34. The first-order chi connectivity index (χ1) is 12.0. The number of pyridine rings is 1. The largest absolute Gasteiger partial charge is 0.374 e. The summed E-state index contributed by atoms with van der Waals surface area (Å²) in [5.74, 6) is 0.148. The van der Waals surface area contributed by atoms with Crippen LogP contribution in [-0.4, -0.2) is 69.5 Å². The third-order valence-corrected chi connectivity index (χ3v) is 4.21. The van der Waals surface area contributed by atoms with E-state index in [1.807, 2.05) is 49.1 Å². The Kier molecular flexibility index (Phi) is 5.40. The van der Waals surface area contributed by atoms with Crippen molar-refractivity contribution in [3.8, 4) is 0 Å². The molecule has 0 bridgehead atoms. The zero-order valence-corrected chi connectivity index (χ0v) is 14.9.